The molecule has 0 radical (unpaired) electrons. The van der Waals surface area contributed by atoms with E-state index in [4.69, 9.17) is 0 Å². The molecule has 4 aromatic rings. The summed E-state index contributed by atoms with van der Waals surface area (Å²) in [7, 11) is 3.93. The summed E-state index contributed by atoms with van der Waals surface area (Å²) in [6.07, 6.45) is 0. The zero-order valence-electron chi connectivity index (χ0n) is 17.3. The minimum Gasteiger partial charge on any atom is -0.377 e. The van der Waals surface area contributed by atoms with E-state index in [1.165, 1.54) is 4.90 Å². The molecule has 150 valence electrons. The smallest absolute Gasteiger partial charge is 0.262 e. The Balaban J connectivity index is 1.60. The Morgan fingerprint density at radius 1 is 0.645 bits per heavy atom. The molecule has 1 aliphatic carbocycles. The molecule has 0 aromatic heterocycles. The highest BCUT2D eigenvalue weighted by atomic mass is 16.2. The van der Waals surface area contributed by atoms with Gasteiger partial charge in [0.1, 0.15) is 0 Å². The van der Waals surface area contributed by atoms with Gasteiger partial charge in [0, 0.05) is 41.7 Å². The normalized spacial score (nSPS) is 14.7. The summed E-state index contributed by atoms with van der Waals surface area (Å²) >= 11 is 0. The number of amides is 2. The van der Waals surface area contributed by atoms with Gasteiger partial charge in [-0.25, -0.2) is 0 Å². The summed E-state index contributed by atoms with van der Waals surface area (Å²) in [5, 5.41) is 1.67. The summed E-state index contributed by atoms with van der Waals surface area (Å²) < 4.78 is 0. The van der Waals surface area contributed by atoms with Gasteiger partial charge in [0.2, 0.25) is 0 Å². The molecule has 0 fully saturated rings. The maximum Gasteiger partial charge on any atom is 0.262 e. The molecule has 0 bridgehead atoms. The van der Waals surface area contributed by atoms with E-state index >= 15 is 0 Å². The van der Waals surface area contributed by atoms with Crippen molar-refractivity contribution in [2.75, 3.05) is 19.0 Å². The Labute approximate surface area is 180 Å². The third-order valence-corrected chi connectivity index (χ3v) is 6.46. The van der Waals surface area contributed by atoms with E-state index < -0.39 is 6.04 Å². The van der Waals surface area contributed by atoms with Gasteiger partial charge in [-0.15, -0.1) is 0 Å². The Morgan fingerprint density at radius 2 is 1.19 bits per heavy atom. The van der Waals surface area contributed by atoms with Gasteiger partial charge >= 0.3 is 0 Å². The van der Waals surface area contributed by atoms with E-state index in [2.05, 4.69) is 12.1 Å². The fourth-order valence-corrected chi connectivity index (χ4v) is 5.13. The maximum absolute atomic E-state index is 13.8. The van der Waals surface area contributed by atoms with Crippen molar-refractivity contribution in [3.05, 3.63) is 101 Å². The van der Waals surface area contributed by atoms with Gasteiger partial charge in [0.15, 0.2) is 0 Å². The van der Waals surface area contributed by atoms with Crippen LogP contribution in [-0.4, -0.2) is 30.8 Å². The summed E-state index contributed by atoms with van der Waals surface area (Å²) in [4.78, 5) is 31.0. The van der Waals surface area contributed by atoms with Crippen LogP contribution in [0.1, 0.15) is 37.9 Å². The lowest BCUT2D eigenvalue weighted by atomic mass is 9.90. The first kappa shape index (κ1) is 17.9. The molecule has 0 atom stereocenters. The third kappa shape index (κ3) is 2.30. The fraction of sp³-hybridized carbons (Fsp3) is 0.111. The van der Waals surface area contributed by atoms with Crippen LogP contribution >= 0.6 is 0 Å². The van der Waals surface area contributed by atoms with Gasteiger partial charge in [-0.1, -0.05) is 60.7 Å². The van der Waals surface area contributed by atoms with Crippen molar-refractivity contribution >= 4 is 28.3 Å². The van der Waals surface area contributed by atoms with Crippen molar-refractivity contribution in [1.82, 2.24) is 4.90 Å². The fourth-order valence-electron chi connectivity index (χ4n) is 5.13. The largest absolute Gasteiger partial charge is 0.377 e. The molecule has 0 spiro atoms. The molecule has 6 rings (SSSR count). The molecule has 2 amide bonds. The highest BCUT2D eigenvalue weighted by molar-refractivity contribution is 6.27. The van der Waals surface area contributed by atoms with Crippen molar-refractivity contribution in [2.24, 2.45) is 0 Å². The molecule has 0 unspecified atom stereocenters. The number of imide groups is 1. The lowest BCUT2D eigenvalue weighted by Gasteiger charge is -2.33. The van der Waals surface area contributed by atoms with E-state index in [0.29, 0.717) is 11.1 Å². The summed E-state index contributed by atoms with van der Waals surface area (Å²) in [6, 6.07) is 25.2. The molecule has 0 saturated carbocycles. The van der Waals surface area contributed by atoms with Crippen LogP contribution in [0.15, 0.2) is 78.9 Å². The number of anilines is 1. The van der Waals surface area contributed by atoms with Gasteiger partial charge in [0.05, 0.1) is 6.04 Å². The van der Waals surface area contributed by atoms with Gasteiger partial charge in [-0.2, -0.15) is 0 Å². The molecular formula is C27H20N2O2. The van der Waals surface area contributed by atoms with Crippen LogP contribution in [0.25, 0.3) is 21.9 Å². The zero-order valence-corrected chi connectivity index (χ0v) is 17.3. The number of carbonyl (C=O) groups is 2. The molecule has 0 N–H and O–H groups in total. The van der Waals surface area contributed by atoms with E-state index in [1.54, 1.807) is 0 Å². The van der Waals surface area contributed by atoms with Gasteiger partial charge < -0.3 is 4.90 Å². The standard InChI is InChI=1S/C27H20N2O2/c1-28(2)23-15-14-22-24-20(23)12-7-13-21(24)26(30)29(27(22)31)25-18-10-5-3-8-16(18)17-9-4-6-11-19(17)25/h3-15,25H,1-2H3. The monoisotopic (exact) mass is 404 g/mol. The van der Waals surface area contributed by atoms with Crippen LogP contribution in [0.5, 0.6) is 0 Å². The Hall–Kier alpha value is -3.92. The molecule has 1 aliphatic heterocycles. The number of carbonyl (C=O) groups excluding carboxylic acids is 2. The van der Waals surface area contributed by atoms with Crippen LogP contribution in [0.2, 0.25) is 0 Å². The molecule has 2 aliphatic rings. The molecule has 4 heteroatoms. The number of fused-ring (bicyclic) bond motifs is 3. The predicted octanol–water partition coefficient (Wildman–Crippen LogP) is 5.27. The minimum absolute atomic E-state index is 0.240. The summed E-state index contributed by atoms with van der Waals surface area (Å²) in [5.74, 6) is -0.481. The number of benzene rings is 4. The first-order valence-electron chi connectivity index (χ1n) is 10.4. The van der Waals surface area contributed by atoms with E-state index in [-0.39, 0.29) is 11.8 Å². The minimum atomic E-state index is -0.427. The lowest BCUT2D eigenvalue weighted by molar-refractivity contribution is 0.0566. The maximum atomic E-state index is 13.8. The summed E-state index contributed by atoms with van der Waals surface area (Å²) in [6.45, 7) is 0. The highest BCUT2D eigenvalue weighted by Crippen LogP contribution is 2.48. The number of hydrogen-bond acceptors (Lipinski definition) is 3. The molecule has 4 aromatic carbocycles. The first-order valence-corrected chi connectivity index (χ1v) is 10.4. The van der Waals surface area contributed by atoms with E-state index in [9.17, 15) is 9.59 Å². The Morgan fingerprint density at radius 3 is 1.81 bits per heavy atom. The zero-order chi connectivity index (χ0) is 21.3. The van der Waals surface area contributed by atoms with Crippen molar-refractivity contribution in [1.29, 1.82) is 0 Å². The Bertz CT molecular complexity index is 1350. The van der Waals surface area contributed by atoms with Crippen LogP contribution in [0, 0.1) is 0 Å². The quantitative estimate of drug-likeness (QED) is 0.427. The molecule has 4 nitrogen and oxygen atoms in total. The van der Waals surface area contributed by atoms with Crippen LogP contribution in [0.4, 0.5) is 5.69 Å². The second-order valence-corrected chi connectivity index (χ2v) is 8.31. The summed E-state index contributed by atoms with van der Waals surface area (Å²) in [5.41, 5.74) is 6.30. The van der Waals surface area contributed by atoms with Crippen molar-refractivity contribution in [3.8, 4) is 11.1 Å². The predicted molar refractivity (Wildman–Crippen MR) is 122 cm³/mol. The molecule has 0 saturated heterocycles. The molecular weight excluding hydrogens is 384 g/mol. The topological polar surface area (TPSA) is 40.6 Å². The van der Waals surface area contributed by atoms with Gasteiger partial charge in [-0.05, 0) is 40.5 Å². The highest BCUT2D eigenvalue weighted by Gasteiger charge is 2.42. The molecule has 31 heavy (non-hydrogen) atoms. The van der Waals surface area contributed by atoms with E-state index in [1.807, 2.05) is 85.7 Å². The Kier molecular flexibility index (Phi) is 3.63. The van der Waals surface area contributed by atoms with Gasteiger partial charge in [-0.3, -0.25) is 14.5 Å². The van der Waals surface area contributed by atoms with Crippen LogP contribution in [-0.2, 0) is 0 Å². The average molecular weight is 404 g/mol. The molecule has 1 heterocycles. The first-order chi connectivity index (χ1) is 15.1. The van der Waals surface area contributed by atoms with E-state index in [0.717, 1.165) is 38.7 Å². The average Bonchev–Trinajstić information content (AvgIpc) is 3.12. The lowest BCUT2D eigenvalue weighted by Crippen LogP contribution is -2.42. The van der Waals surface area contributed by atoms with Crippen molar-refractivity contribution < 1.29 is 9.59 Å². The van der Waals surface area contributed by atoms with Crippen LogP contribution in [0.3, 0.4) is 0 Å². The number of nitrogens with zero attached hydrogens (tertiary/aromatic N) is 2. The number of rotatable bonds is 2. The van der Waals surface area contributed by atoms with Gasteiger partial charge in [0.25, 0.3) is 11.8 Å². The van der Waals surface area contributed by atoms with Crippen molar-refractivity contribution in [3.63, 3.8) is 0 Å². The number of hydrogen-bond donors (Lipinski definition) is 0. The SMILES string of the molecule is CN(C)c1ccc2c3c(cccc13)C(=O)N(C1c3ccccc3-c3ccccc31)C2=O. The second-order valence-electron chi connectivity index (χ2n) is 8.31. The second kappa shape index (κ2) is 6.29. The van der Waals surface area contributed by atoms with Crippen LogP contribution < -0.4 is 4.90 Å². The van der Waals surface area contributed by atoms with Crippen molar-refractivity contribution in [2.45, 2.75) is 6.04 Å². The third-order valence-electron chi connectivity index (χ3n) is 6.46.